The number of benzene rings is 1. The molecule has 1 aromatic carbocycles. The summed E-state index contributed by atoms with van der Waals surface area (Å²) in [5.74, 6) is -4.08. The van der Waals surface area contributed by atoms with Crippen molar-refractivity contribution >= 4 is 13.3 Å². The number of hydrogen-bond donors (Lipinski definition) is 2. The second-order valence-electron chi connectivity index (χ2n) is 4.70. The third-order valence-corrected chi connectivity index (χ3v) is 4.74. The number of alkyl halides is 3. The molecule has 1 aromatic rings. The maximum Gasteiger partial charge on any atom is 0.419 e. The van der Waals surface area contributed by atoms with Gasteiger partial charge < -0.3 is 10.00 Å². The van der Waals surface area contributed by atoms with E-state index in [-0.39, 0.29) is 0 Å². The quantitative estimate of drug-likeness (QED) is 0.642. The van der Waals surface area contributed by atoms with E-state index in [9.17, 15) is 31.8 Å². The van der Waals surface area contributed by atoms with E-state index in [0.29, 0.717) is 6.07 Å². The van der Waals surface area contributed by atoms with E-state index in [2.05, 4.69) is 0 Å². The molecular weight excluding hydrogens is 315 g/mol. The minimum Gasteiger partial charge on any atom is -0.481 e. The van der Waals surface area contributed by atoms with Crippen molar-refractivity contribution in [3.05, 3.63) is 35.1 Å². The minimum absolute atomic E-state index is 0.529. The van der Waals surface area contributed by atoms with Crippen LogP contribution in [0.3, 0.4) is 0 Å². The fraction of sp³-hybridized carbons (Fsp3) is 0.417. The van der Waals surface area contributed by atoms with E-state index >= 15 is 0 Å². The maximum atomic E-state index is 13.7. The molecule has 0 aliphatic heterocycles. The summed E-state index contributed by atoms with van der Waals surface area (Å²) in [6.45, 7) is 1.19. The molecule has 0 fully saturated rings. The monoisotopic (exact) mass is 328 g/mol. The van der Waals surface area contributed by atoms with Crippen molar-refractivity contribution in [3.8, 4) is 0 Å². The van der Waals surface area contributed by atoms with Gasteiger partial charge in [0.1, 0.15) is 5.82 Å². The summed E-state index contributed by atoms with van der Waals surface area (Å²) in [6.07, 6.45) is -6.40. The zero-order valence-electron chi connectivity index (χ0n) is 10.9. The van der Waals surface area contributed by atoms with Gasteiger partial charge in [0.25, 0.3) is 0 Å². The van der Waals surface area contributed by atoms with Gasteiger partial charge in [0, 0.05) is 6.16 Å². The number of hydrogen-bond acceptors (Lipinski definition) is 2. The second-order valence-corrected chi connectivity index (χ2v) is 7.08. The van der Waals surface area contributed by atoms with E-state index in [1.807, 2.05) is 0 Å². The fourth-order valence-corrected chi connectivity index (χ4v) is 3.68. The lowest BCUT2D eigenvalue weighted by molar-refractivity contribution is -0.141. The highest BCUT2D eigenvalue weighted by Crippen LogP contribution is 2.47. The van der Waals surface area contributed by atoms with E-state index < -0.39 is 54.7 Å². The predicted octanol–water partition coefficient (Wildman–Crippen LogP) is 3.34. The lowest BCUT2D eigenvalue weighted by Crippen LogP contribution is -2.15. The van der Waals surface area contributed by atoms with Crippen LogP contribution >= 0.6 is 7.37 Å². The standard InChI is InChI=1S/C12H13F4O4P/c1-7(11(17)18)5-21(19,20)6-8-3-2-4-9(10(8)13)12(14,15)16/h2-4,7H,5-6H2,1H3,(H,17,18)(H,19,20). The fourth-order valence-electron chi connectivity index (χ4n) is 1.76. The van der Waals surface area contributed by atoms with Gasteiger partial charge in [-0.1, -0.05) is 19.1 Å². The Morgan fingerprint density at radius 1 is 1.38 bits per heavy atom. The number of carbonyl (C=O) groups is 1. The molecule has 2 atom stereocenters. The first-order valence-electron chi connectivity index (χ1n) is 5.82. The van der Waals surface area contributed by atoms with Crippen LogP contribution in [0.2, 0.25) is 0 Å². The van der Waals surface area contributed by atoms with Gasteiger partial charge in [-0.15, -0.1) is 0 Å². The zero-order chi connectivity index (χ0) is 16.4. The first-order valence-corrected chi connectivity index (χ1v) is 7.85. The number of rotatable bonds is 5. The van der Waals surface area contributed by atoms with E-state index in [0.717, 1.165) is 12.1 Å². The summed E-state index contributed by atoms with van der Waals surface area (Å²) in [6, 6.07) is 2.43. The molecule has 0 aromatic heterocycles. The van der Waals surface area contributed by atoms with Crippen LogP contribution < -0.4 is 0 Å². The van der Waals surface area contributed by atoms with Crippen LogP contribution in [0, 0.1) is 11.7 Å². The molecule has 0 heterocycles. The molecule has 1 rings (SSSR count). The van der Waals surface area contributed by atoms with Crippen molar-refractivity contribution in [1.82, 2.24) is 0 Å². The predicted molar refractivity (Wildman–Crippen MR) is 66.6 cm³/mol. The number of carboxylic acids is 1. The molecule has 118 valence electrons. The Morgan fingerprint density at radius 3 is 2.43 bits per heavy atom. The third-order valence-electron chi connectivity index (χ3n) is 2.78. The lowest BCUT2D eigenvalue weighted by Gasteiger charge is -2.16. The lowest BCUT2D eigenvalue weighted by atomic mass is 10.1. The van der Waals surface area contributed by atoms with Crippen LogP contribution in [-0.4, -0.2) is 22.1 Å². The van der Waals surface area contributed by atoms with Gasteiger partial charge in [0.15, 0.2) is 0 Å². The molecule has 0 aliphatic rings. The van der Waals surface area contributed by atoms with E-state index in [1.54, 1.807) is 0 Å². The van der Waals surface area contributed by atoms with Crippen LogP contribution in [0.1, 0.15) is 18.1 Å². The van der Waals surface area contributed by atoms with Crippen molar-refractivity contribution in [2.45, 2.75) is 19.3 Å². The smallest absolute Gasteiger partial charge is 0.419 e. The normalized spacial score (nSPS) is 16.3. The van der Waals surface area contributed by atoms with Gasteiger partial charge in [-0.2, -0.15) is 13.2 Å². The van der Waals surface area contributed by atoms with Crippen LogP contribution in [0.15, 0.2) is 18.2 Å². The Labute approximate surface area is 117 Å². The van der Waals surface area contributed by atoms with Gasteiger partial charge in [0.05, 0.1) is 17.6 Å². The topological polar surface area (TPSA) is 74.6 Å². The molecule has 0 spiro atoms. The SMILES string of the molecule is CC(CP(=O)(O)Cc1cccc(C(F)(F)F)c1F)C(=O)O. The molecule has 21 heavy (non-hydrogen) atoms. The van der Waals surface area contributed by atoms with Crippen molar-refractivity contribution < 1.29 is 36.9 Å². The Bertz CT molecular complexity index is 585. The van der Waals surface area contributed by atoms with Crippen molar-refractivity contribution in [2.24, 2.45) is 5.92 Å². The molecule has 9 heteroatoms. The highest BCUT2D eigenvalue weighted by atomic mass is 31.2. The molecule has 2 unspecified atom stereocenters. The molecule has 4 nitrogen and oxygen atoms in total. The third kappa shape index (κ3) is 4.82. The Balaban J connectivity index is 3.03. The van der Waals surface area contributed by atoms with Gasteiger partial charge in [-0.3, -0.25) is 9.36 Å². The molecule has 0 aliphatic carbocycles. The summed E-state index contributed by atoms with van der Waals surface area (Å²) >= 11 is 0. The Kier molecular flexibility index (Phi) is 5.17. The van der Waals surface area contributed by atoms with Gasteiger partial charge in [-0.25, -0.2) is 4.39 Å². The largest absolute Gasteiger partial charge is 0.481 e. The average Bonchev–Trinajstić information content (AvgIpc) is 2.29. The number of carboxylic acid groups (broad SMARTS) is 1. The second kappa shape index (κ2) is 6.15. The molecule has 0 bridgehead atoms. The van der Waals surface area contributed by atoms with E-state index in [4.69, 9.17) is 5.11 Å². The summed E-state index contributed by atoms with van der Waals surface area (Å²) < 4.78 is 63.2. The first kappa shape index (κ1) is 17.7. The zero-order valence-corrected chi connectivity index (χ0v) is 11.8. The molecule has 0 radical (unpaired) electrons. The summed E-state index contributed by atoms with van der Waals surface area (Å²) in [7, 11) is -4.11. The molecular formula is C12H13F4O4P. The highest BCUT2D eigenvalue weighted by Gasteiger charge is 2.36. The Morgan fingerprint density at radius 2 is 1.95 bits per heavy atom. The summed E-state index contributed by atoms with van der Waals surface area (Å²) in [5, 5.41) is 8.66. The summed E-state index contributed by atoms with van der Waals surface area (Å²) in [5.41, 5.74) is -2.08. The van der Waals surface area contributed by atoms with Crippen molar-refractivity contribution in [2.75, 3.05) is 6.16 Å². The minimum atomic E-state index is -4.91. The van der Waals surface area contributed by atoms with Crippen molar-refractivity contribution in [1.29, 1.82) is 0 Å². The highest BCUT2D eigenvalue weighted by molar-refractivity contribution is 7.57. The number of aliphatic carboxylic acids is 1. The van der Waals surface area contributed by atoms with Crippen LogP contribution in [0.4, 0.5) is 17.6 Å². The number of halogens is 4. The molecule has 0 saturated heterocycles. The van der Waals surface area contributed by atoms with Gasteiger partial charge in [-0.05, 0) is 11.6 Å². The van der Waals surface area contributed by atoms with Crippen LogP contribution in [0.5, 0.6) is 0 Å². The summed E-state index contributed by atoms with van der Waals surface area (Å²) in [4.78, 5) is 20.3. The maximum absolute atomic E-state index is 13.7. The van der Waals surface area contributed by atoms with Gasteiger partial charge in [0.2, 0.25) is 7.37 Å². The van der Waals surface area contributed by atoms with Crippen molar-refractivity contribution in [3.63, 3.8) is 0 Å². The Hall–Kier alpha value is -1.40. The van der Waals surface area contributed by atoms with Crippen LogP contribution in [-0.2, 0) is 21.7 Å². The van der Waals surface area contributed by atoms with E-state index in [1.165, 1.54) is 6.92 Å². The van der Waals surface area contributed by atoms with Crippen LogP contribution in [0.25, 0.3) is 0 Å². The van der Waals surface area contributed by atoms with Gasteiger partial charge >= 0.3 is 12.1 Å². The first-order chi connectivity index (χ1) is 9.44. The molecule has 2 N–H and O–H groups in total. The molecule has 0 saturated carbocycles. The molecule has 0 amide bonds. The average molecular weight is 328 g/mol.